The summed E-state index contributed by atoms with van der Waals surface area (Å²) in [6.45, 7) is 4.62. The number of halogens is 1. The molecule has 0 saturated carbocycles. The monoisotopic (exact) mass is 227 g/mol. The fourth-order valence-electron chi connectivity index (χ4n) is 1.05. The molecule has 0 aliphatic heterocycles. The molecule has 1 aromatic carbocycles. The van der Waals surface area contributed by atoms with Crippen molar-refractivity contribution in [2.75, 3.05) is 6.61 Å². The SMILES string of the molecule is CC(C)COc1ccc(C(N)=S)c(F)c1. The molecule has 0 atom stereocenters. The van der Waals surface area contributed by atoms with Crippen molar-refractivity contribution in [2.45, 2.75) is 13.8 Å². The van der Waals surface area contributed by atoms with Gasteiger partial charge in [-0.05, 0) is 18.1 Å². The van der Waals surface area contributed by atoms with Gasteiger partial charge in [-0.1, -0.05) is 26.1 Å². The highest BCUT2D eigenvalue weighted by molar-refractivity contribution is 7.80. The Balaban J connectivity index is 2.78. The van der Waals surface area contributed by atoms with Crippen LogP contribution in [-0.2, 0) is 0 Å². The summed E-state index contributed by atoms with van der Waals surface area (Å²) >= 11 is 4.70. The number of hydrogen-bond donors (Lipinski definition) is 1. The molecule has 2 nitrogen and oxygen atoms in total. The van der Waals surface area contributed by atoms with Gasteiger partial charge in [-0.15, -0.1) is 0 Å². The first-order valence-electron chi connectivity index (χ1n) is 4.73. The first kappa shape index (κ1) is 11.9. The number of rotatable bonds is 4. The van der Waals surface area contributed by atoms with E-state index >= 15 is 0 Å². The zero-order valence-corrected chi connectivity index (χ0v) is 9.60. The van der Waals surface area contributed by atoms with Gasteiger partial charge in [-0.2, -0.15) is 0 Å². The molecule has 0 bridgehead atoms. The molecule has 0 aliphatic carbocycles. The van der Waals surface area contributed by atoms with Gasteiger partial charge in [0.05, 0.1) is 6.61 Å². The highest BCUT2D eigenvalue weighted by Crippen LogP contribution is 2.17. The van der Waals surface area contributed by atoms with Crippen LogP contribution in [0.15, 0.2) is 18.2 Å². The fourth-order valence-corrected chi connectivity index (χ4v) is 1.21. The maximum Gasteiger partial charge on any atom is 0.137 e. The lowest BCUT2D eigenvalue weighted by Crippen LogP contribution is -2.12. The lowest BCUT2D eigenvalue weighted by Gasteiger charge is -2.09. The lowest BCUT2D eigenvalue weighted by molar-refractivity contribution is 0.270. The molecule has 2 N–H and O–H groups in total. The number of thiocarbonyl (C=S) groups is 1. The largest absolute Gasteiger partial charge is 0.493 e. The van der Waals surface area contributed by atoms with Crippen molar-refractivity contribution >= 4 is 17.2 Å². The van der Waals surface area contributed by atoms with Crippen LogP contribution in [0.3, 0.4) is 0 Å². The van der Waals surface area contributed by atoms with E-state index in [4.69, 9.17) is 22.7 Å². The van der Waals surface area contributed by atoms with Gasteiger partial charge >= 0.3 is 0 Å². The van der Waals surface area contributed by atoms with Crippen LogP contribution in [0.2, 0.25) is 0 Å². The second-order valence-corrected chi connectivity index (χ2v) is 4.15. The van der Waals surface area contributed by atoms with E-state index in [0.717, 1.165) is 0 Å². The summed E-state index contributed by atoms with van der Waals surface area (Å²) in [5.41, 5.74) is 5.59. The van der Waals surface area contributed by atoms with Crippen molar-refractivity contribution in [1.82, 2.24) is 0 Å². The topological polar surface area (TPSA) is 35.2 Å². The van der Waals surface area contributed by atoms with Crippen molar-refractivity contribution < 1.29 is 9.13 Å². The zero-order valence-electron chi connectivity index (χ0n) is 8.79. The van der Waals surface area contributed by atoms with E-state index in [-0.39, 0.29) is 10.6 Å². The first-order chi connectivity index (χ1) is 7.00. The Hall–Kier alpha value is -1.16. The standard InChI is InChI=1S/C11H14FNOS/c1-7(2)6-14-8-3-4-9(11(13)15)10(12)5-8/h3-5,7H,6H2,1-2H3,(H2,13,15). The van der Waals surface area contributed by atoms with Crippen molar-refractivity contribution in [1.29, 1.82) is 0 Å². The minimum atomic E-state index is -0.441. The molecule has 0 heterocycles. The van der Waals surface area contributed by atoms with Crippen LogP contribution in [0.25, 0.3) is 0 Å². The van der Waals surface area contributed by atoms with Gasteiger partial charge in [0.1, 0.15) is 16.6 Å². The molecule has 0 unspecified atom stereocenters. The van der Waals surface area contributed by atoms with Crippen molar-refractivity contribution in [3.63, 3.8) is 0 Å². The van der Waals surface area contributed by atoms with E-state index in [9.17, 15) is 4.39 Å². The number of nitrogens with two attached hydrogens (primary N) is 1. The molecule has 0 spiro atoms. The van der Waals surface area contributed by atoms with E-state index in [1.54, 1.807) is 6.07 Å². The van der Waals surface area contributed by atoms with Crippen LogP contribution in [0.1, 0.15) is 19.4 Å². The Bertz CT molecular complexity index is 366. The Morgan fingerprint density at radius 3 is 2.67 bits per heavy atom. The van der Waals surface area contributed by atoms with Crippen LogP contribution < -0.4 is 10.5 Å². The van der Waals surface area contributed by atoms with Gasteiger partial charge in [0.15, 0.2) is 0 Å². The molecular weight excluding hydrogens is 213 g/mol. The lowest BCUT2D eigenvalue weighted by atomic mass is 10.2. The Labute approximate surface area is 94.2 Å². The van der Waals surface area contributed by atoms with Crippen LogP contribution >= 0.6 is 12.2 Å². The van der Waals surface area contributed by atoms with E-state index in [0.29, 0.717) is 18.3 Å². The maximum absolute atomic E-state index is 13.4. The molecular formula is C11H14FNOS. The minimum Gasteiger partial charge on any atom is -0.493 e. The van der Waals surface area contributed by atoms with Crippen LogP contribution in [0, 0.1) is 11.7 Å². The highest BCUT2D eigenvalue weighted by atomic mass is 32.1. The molecule has 0 amide bonds. The normalized spacial score (nSPS) is 10.4. The maximum atomic E-state index is 13.4. The second-order valence-electron chi connectivity index (χ2n) is 3.71. The molecule has 1 rings (SSSR count). The highest BCUT2D eigenvalue weighted by Gasteiger charge is 2.06. The fraction of sp³-hybridized carbons (Fsp3) is 0.364. The van der Waals surface area contributed by atoms with Crippen molar-refractivity contribution in [2.24, 2.45) is 11.7 Å². The first-order valence-corrected chi connectivity index (χ1v) is 5.13. The van der Waals surface area contributed by atoms with E-state index in [2.05, 4.69) is 0 Å². The van der Waals surface area contributed by atoms with Gasteiger partial charge in [-0.25, -0.2) is 4.39 Å². The van der Waals surface area contributed by atoms with Crippen molar-refractivity contribution in [3.8, 4) is 5.75 Å². The van der Waals surface area contributed by atoms with Gasteiger partial charge in [0.2, 0.25) is 0 Å². The Morgan fingerprint density at radius 2 is 2.20 bits per heavy atom. The predicted molar refractivity (Wildman–Crippen MR) is 62.6 cm³/mol. The van der Waals surface area contributed by atoms with E-state index in [1.807, 2.05) is 13.8 Å². The summed E-state index contributed by atoms with van der Waals surface area (Å²) in [5.74, 6) is 0.466. The Morgan fingerprint density at radius 1 is 1.53 bits per heavy atom. The Kier molecular flexibility index (Phi) is 4.03. The van der Waals surface area contributed by atoms with Crippen LogP contribution in [0.5, 0.6) is 5.75 Å². The number of hydrogen-bond acceptors (Lipinski definition) is 2. The molecule has 0 aliphatic rings. The average molecular weight is 227 g/mol. The smallest absolute Gasteiger partial charge is 0.137 e. The third-order valence-electron chi connectivity index (χ3n) is 1.79. The molecule has 0 saturated heterocycles. The van der Waals surface area contributed by atoms with Gasteiger partial charge in [0.25, 0.3) is 0 Å². The molecule has 82 valence electrons. The van der Waals surface area contributed by atoms with Crippen molar-refractivity contribution in [3.05, 3.63) is 29.6 Å². The van der Waals surface area contributed by atoms with Gasteiger partial charge in [-0.3, -0.25) is 0 Å². The van der Waals surface area contributed by atoms with Crippen LogP contribution in [-0.4, -0.2) is 11.6 Å². The summed E-state index contributed by atoms with van der Waals surface area (Å²) < 4.78 is 18.7. The number of benzene rings is 1. The van der Waals surface area contributed by atoms with E-state index in [1.165, 1.54) is 12.1 Å². The quantitative estimate of drug-likeness (QED) is 0.803. The molecule has 4 heteroatoms. The summed E-state index contributed by atoms with van der Waals surface area (Å²) in [7, 11) is 0. The van der Waals surface area contributed by atoms with Crippen LogP contribution in [0.4, 0.5) is 4.39 Å². The molecule has 0 fully saturated rings. The zero-order chi connectivity index (χ0) is 11.4. The average Bonchev–Trinajstić information content (AvgIpc) is 2.14. The summed E-state index contributed by atoms with van der Waals surface area (Å²) in [5, 5.41) is 0. The molecule has 0 aromatic heterocycles. The third-order valence-corrected chi connectivity index (χ3v) is 2.01. The summed E-state index contributed by atoms with van der Waals surface area (Å²) in [6, 6.07) is 4.50. The summed E-state index contributed by atoms with van der Waals surface area (Å²) in [6.07, 6.45) is 0. The molecule has 15 heavy (non-hydrogen) atoms. The predicted octanol–water partition coefficient (Wildman–Crippen LogP) is 2.49. The molecule has 1 aromatic rings. The molecule has 0 radical (unpaired) electrons. The van der Waals surface area contributed by atoms with Gasteiger partial charge < -0.3 is 10.5 Å². The second kappa shape index (κ2) is 5.07. The van der Waals surface area contributed by atoms with Gasteiger partial charge in [0, 0.05) is 11.6 Å². The number of ether oxygens (including phenoxy) is 1. The van der Waals surface area contributed by atoms with E-state index < -0.39 is 5.82 Å². The summed E-state index contributed by atoms with van der Waals surface area (Å²) in [4.78, 5) is 0.0582. The third kappa shape index (κ3) is 3.47. The minimum absolute atomic E-state index is 0.0582.